The molecule has 0 spiro atoms. The predicted molar refractivity (Wildman–Crippen MR) is 137 cm³/mol. The monoisotopic (exact) mass is 498 g/mol. The SMILES string of the molecule is CN1CCN(C(=O)NCc2ccc(-c3cc(Nc4ccc(Cl)cc4CF)ccc3O)nc2N)CC1. The molecule has 35 heavy (non-hydrogen) atoms. The Labute approximate surface area is 208 Å². The lowest BCUT2D eigenvalue weighted by Gasteiger charge is -2.32. The van der Waals surface area contributed by atoms with Gasteiger partial charge in [0.1, 0.15) is 18.2 Å². The van der Waals surface area contributed by atoms with Crippen molar-refractivity contribution >= 4 is 34.8 Å². The molecule has 0 radical (unpaired) electrons. The average Bonchev–Trinajstić information content (AvgIpc) is 2.85. The Bertz CT molecular complexity index is 1220. The van der Waals surface area contributed by atoms with Crippen molar-refractivity contribution < 1.29 is 14.3 Å². The predicted octanol–water partition coefficient (Wildman–Crippen LogP) is 4.36. The maximum absolute atomic E-state index is 13.4. The zero-order valence-electron chi connectivity index (χ0n) is 19.4. The van der Waals surface area contributed by atoms with Crippen LogP contribution >= 0.6 is 11.6 Å². The number of nitrogens with two attached hydrogens (primary N) is 1. The van der Waals surface area contributed by atoms with Gasteiger partial charge in [0, 0.05) is 65.8 Å². The standard InChI is InChI=1S/C25H28ClFN6O2/c1-32-8-10-33(11-9-32)25(35)29-15-16-2-5-22(31-24(16)28)20-13-19(4-7-23(20)34)30-21-6-3-18(26)12-17(21)14-27/h2-7,12-13,30,34H,8-11,14-15H2,1H3,(H2,28,31)(H,29,35). The number of anilines is 3. The summed E-state index contributed by atoms with van der Waals surface area (Å²) in [5, 5.41) is 16.9. The van der Waals surface area contributed by atoms with E-state index in [4.69, 9.17) is 17.3 Å². The minimum absolute atomic E-state index is 0.0281. The molecule has 1 saturated heterocycles. The molecule has 4 rings (SSSR count). The van der Waals surface area contributed by atoms with Gasteiger partial charge in [0.05, 0.1) is 5.69 Å². The van der Waals surface area contributed by atoms with Gasteiger partial charge in [-0.05, 0) is 49.5 Å². The number of pyridine rings is 1. The highest BCUT2D eigenvalue weighted by Gasteiger charge is 2.19. The number of nitrogen functional groups attached to an aromatic ring is 1. The maximum atomic E-state index is 13.4. The quantitative estimate of drug-likeness (QED) is 0.376. The fraction of sp³-hybridized carbons (Fsp3) is 0.280. The summed E-state index contributed by atoms with van der Waals surface area (Å²) in [7, 11) is 2.03. The number of rotatable bonds is 6. The van der Waals surface area contributed by atoms with E-state index in [1.165, 1.54) is 6.07 Å². The zero-order valence-corrected chi connectivity index (χ0v) is 20.1. The first-order valence-corrected chi connectivity index (χ1v) is 11.6. The number of carbonyl (C=O) groups is 1. The van der Waals surface area contributed by atoms with E-state index in [-0.39, 0.29) is 24.1 Å². The summed E-state index contributed by atoms with van der Waals surface area (Å²) in [6.45, 7) is 2.63. The van der Waals surface area contributed by atoms with Crippen LogP contribution in [0.3, 0.4) is 0 Å². The van der Waals surface area contributed by atoms with Crippen molar-refractivity contribution in [1.29, 1.82) is 0 Å². The minimum Gasteiger partial charge on any atom is -0.507 e. The van der Waals surface area contributed by atoms with E-state index < -0.39 is 6.67 Å². The lowest BCUT2D eigenvalue weighted by Crippen LogP contribution is -2.50. The van der Waals surface area contributed by atoms with Crippen LogP contribution in [0, 0.1) is 0 Å². The Hall–Kier alpha value is -3.56. The number of urea groups is 1. The zero-order chi connectivity index (χ0) is 24.9. The molecule has 1 fully saturated rings. The van der Waals surface area contributed by atoms with Crippen LogP contribution in [0.4, 0.5) is 26.4 Å². The summed E-state index contributed by atoms with van der Waals surface area (Å²) < 4.78 is 13.4. The number of aromatic nitrogens is 1. The third kappa shape index (κ3) is 5.93. The van der Waals surface area contributed by atoms with Crippen LogP contribution in [0.25, 0.3) is 11.3 Å². The number of aromatic hydroxyl groups is 1. The van der Waals surface area contributed by atoms with Crippen LogP contribution in [0.1, 0.15) is 11.1 Å². The molecule has 2 aromatic carbocycles. The lowest BCUT2D eigenvalue weighted by molar-refractivity contribution is 0.154. The molecule has 5 N–H and O–H groups in total. The van der Waals surface area contributed by atoms with Crippen LogP contribution in [-0.2, 0) is 13.2 Å². The topological polar surface area (TPSA) is 107 Å². The number of benzene rings is 2. The normalized spacial score (nSPS) is 14.1. The van der Waals surface area contributed by atoms with Crippen molar-refractivity contribution in [2.24, 2.45) is 0 Å². The average molecular weight is 499 g/mol. The summed E-state index contributed by atoms with van der Waals surface area (Å²) in [5.74, 6) is 0.289. The summed E-state index contributed by atoms with van der Waals surface area (Å²) in [5.41, 5.74) is 9.43. The number of alkyl halides is 1. The Kier molecular flexibility index (Phi) is 7.57. The first-order valence-electron chi connectivity index (χ1n) is 11.3. The van der Waals surface area contributed by atoms with Crippen LogP contribution in [0.5, 0.6) is 5.75 Å². The van der Waals surface area contributed by atoms with E-state index in [2.05, 4.69) is 20.5 Å². The highest BCUT2D eigenvalue weighted by Crippen LogP contribution is 2.33. The van der Waals surface area contributed by atoms with Crippen LogP contribution in [0.2, 0.25) is 5.02 Å². The van der Waals surface area contributed by atoms with Gasteiger partial charge in [-0.15, -0.1) is 0 Å². The molecular weight excluding hydrogens is 471 g/mol. The highest BCUT2D eigenvalue weighted by molar-refractivity contribution is 6.30. The number of nitrogens with one attached hydrogen (secondary N) is 2. The number of likely N-dealkylation sites (N-methyl/N-ethyl adjacent to an activating group) is 1. The van der Waals surface area contributed by atoms with E-state index >= 15 is 0 Å². The molecule has 8 nitrogen and oxygen atoms in total. The van der Waals surface area contributed by atoms with E-state index in [0.29, 0.717) is 51.9 Å². The number of hydrogen-bond acceptors (Lipinski definition) is 6. The molecule has 0 saturated carbocycles. The van der Waals surface area contributed by atoms with Gasteiger partial charge in [-0.1, -0.05) is 17.7 Å². The van der Waals surface area contributed by atoms with E-state index in [1.807, 2.05) is 7.05 Å². The summed E-state index contributed by atoms with van der Waals surface area (Å²) in [6.07, 6.45) is 0. The molecule has 0 unspecified atom stereocenters. The van der Waals surface area contributed by atoms with Gasteiger partial charge in [0.2, 0.25) is 0 Å². The van der Waals surface area contributed by atoms with E-state index in [9.17, 15) is 14.3 Å². The molecule has 1 aromatic heterocycles. The van der Waals surface area contributed by atoms with Crippen molar-refractivity contribution in [3.05, 3.63) is 64.7 Å². The Morgan fingerprint density at radius 1 is 1.11 bits per heavy atom. The van der Waals surface area contributed by atoms with Crippen LogP contribution in [0.15, 0.2) is 48.5 Å². The second-order valence-corrected chi connectivity index (χ2v) is 8.92. The number of halogens is 2. The molecule has 3 aromatic rings. The van der Waals surface area contributed by atoms with Gasteiger partial charge in [-0.2, -0.15) is 0 Å². The van der Waals surface area contributed by atoms with Crippen molar-refractivity contribution in [3.8, 4) is 17.0 Å². The van der Waals surface area contributed by atoms with Gasteiger partial charge in [-0.3, -0.25) is 0 Å². The van der Waals surface area contributed by atoms with Crippen molar-refractivity contribution in [1.82, 2.24) is 20.1 Å². The molecule has 2 heterocycles. The second-order valence-electron chi connectivity index (χ2n) is 8.48. The first kappa shape index (κ1) is 24.6. The number of phenols is 1. The van der Waals surface area contributed by atoms with Gasteiger partial charge >= 0.3 is 6.03 Å². The second kappa shape index (κ2) is 10.8. The van der Waals surface area contributed by atoms with Gasteiger partial charge < -0.3 is 31.3 Å². The molecule has 1 aliphatic rings. The Morgan fingerprint density at radius 3 is 2.60 bits per heavy atom. The van der Waals surface area contributed by atoms with Crippen molar-refractivity contribution in [2.45, 2.75) is 13.2 Å². The fourth-order valence-corrected chi connectivity index (χ4v) is 4.06. The largest absolute Gasteiger partial charge is 0.507 e. The Balaban J connectivity index is 1.47. The molecule has 0 bridgehead atoms. The van der Waals surface area contributed by atoms with Crippen LogP contribution < -0.4 is 16.4 Å². The lowest BCUT2D eigenvalue weighted by atomic mass is 10.1. The number of hydrogen-bond donors (Lipinski definition) is 4. The summed E-state index contributed by atoms with van der Waals surface area (Å²) >= 11 is 5.96. The number of phenolic OH excluding ortho intramolecular Hbond substituents is 1. The third-order valence-corrected chi connectivity index (χ3v) is 6.23. The van der Waals surface area contributed by atoms with Crippen LogP contribution in [-0.4, -0.2) is 59.1 Å². The molecular formula is C25H28ClFN6O2. The minimum atomic E-state index is -0.668. The Morgan fingerprint density at radius 2 is 1.89 bits per heavy atom. The number of piperazine rings is 1. The maximum Gasteiger partial charge on any atom is 0.317 e. The number of nitrogens with zero attached hydrogens (tertiary/aromatic N) is 3. The number of amides is 2. The molecule has 184 valence electrons. The van der Waals surface area contributed by atoms with Crippen molar-refractivity contribution in [3.63, 3.8) is 0 Å². The summed E-state index contributed by atoms with van der Waals surface area (Å²) in [6, 6.07) is 13.2. The molecule has 1 aliphatic heterocycles. The highest BCUT2D eigenvalue weighted by atomic mass is 35.5. The molecule has 0 aliphatic carbocycles. The molecule has 0 atom stereocenters. The smallest absolute Gasteiger partial charge is 0.317 e. The number of carbonyl (C=O) groups excluding carboxylic acids is 1. The first-order chi connectivity index (χ1) is 16.8. The van der Waals surface area contributed by atoms with Crippen molar-refractivity contribution in [2.75, 3.05) is 44.3 Å². The third-order valence-electron chi connectivity index (χ3n) is 6.00. The summed E-state index contributed by atoms with van der Waals surface area (Å²) in [4.78, 5) is 20.8. The molecule has 2 amide bonds. The van der Waals surface area contributed by atoms with E-state index in [0.717, 1.165) is 13.1 Å². The van der Waals surface area contributed by atoms with Gasteiger partial charge in [0.15, 0.2) is 0 Å². The van der Waals surface area contributed by atoms with Gasteiger partial charge in [0.25, 0.3) is 0 Å². The fourth-order valence-electron chi connectivity index (χ4n) is 3.86. The molecule has 10 heteroatoms. The van der Waals surface area contributed by atoms with E-state index in [1.54, 1.807) is 47.4 Å². The van der Waals surface area contributed by atoms with Gasteiger partial charge in [-0.25, -0.2) is 14.2 Å².